The van der Waals surface area contributed by atoms with Gasteiger partial charge in [-0.2, -0.15) is 13.2 Å². The van der Waals surface area contributed by atoms with Gasteiger partial charge >= 0.3 is 6.18 Å². The van der Waals surface area contributed by atoms with Gasteiger partial charge < -0.3 is 5.32 Å². The standard InChI is InChI=1S/C26H21F3N2OS/c27-26(28,29)20-11-14-22-23(15-20)33-25(31-22)30-21-12-9-17(10-13-21)16-5-7-19(8-6-16)24(32)18-3-1-2-4-18/h5-15,18H,1-4H2,(H,30,31). The normalized spacial score (nSPS) is 14.6. The fourth-order valence-corrected chi connectivity index (χ4v) is 5.20. The molecular weight excluding hydrogens is 445 g/mol. The van der Waals surface area contributed by atoms with Gasteiger partial charge in [-0.25, -0.2) is 4.98 Å². The average molecular weight is 467 g/mol. The second kappa shape index (κ2) is 8.63. The predicted molar refractivity (Wildman–Crippen MR) is 126 cm³/mol. The van der Waals surface area contributed by atoms with E-state index in [1.807, 2.05) is 48.5 Å². The Balaban J connectivity index is 1.29. The number of nitrogens with zero attached hydrogens (tertiary/aromatic N) is 1. The number of fused-ring (bicyclic) bond motifs is 1. The van der Waals surface area contributed by atoms with Crippen LogP contribution in [-0.4, -0.2) is 10.8 Å². The maximum Gasteiger partial charge on any atom is 0.416 e. The van der Waals surface area contributed by atoms with Crippen molar-refractivity contribution in [3.8, 4) is 11.1 Å². The first-order valence-electron chi connectivity index (χ1n) is 10.9. The number of halogens is 3. The smallest absolute Gasteiger partial charge is 0.332 e. The number of benzene rings is 3. The molecule has 1 N–H and O–H groups in total. The molecule has 1 aromatic heterocycles. The molecule has 7 heteroatoms. The lowest BCUT2D eigenvalue weighted by atomic mass is 9.94. The van der Waals surface area contributed by atoms with Gasteiger partial charge in [0.05, 0.1) is 15.8 Å². The molecule has 0 unspecified atom stereocenters. The molecule has 0 spiro atoms. The largest absolute Gasteiger partial charge is 0.416 e. The third-order valence-corrected chi connectivity index (χ3v) is 7.01. The number of Topliss-reactive ketones (excluding diaryl/α,β-unsaturated/α-hetero) is 1. The summed E-state index contributed by atoms with van der Waals surface area (Å²) in [5.74, 6) is 0.417. The summed E-state index contributed by atoms with van der Waals surface area (Å²) in [7, 11) is 0. The van der Waals surface area contributed by atoms with Gasteiger partial charge in [0, 0.05) is 17.2 Å². The summed E-state index contributed by atoms with van der Waals surface area (Å²) < 4.78 is 39.3. The van der Waals surface area contributed by atoms with E-state index in [1.54, 1.807) is 0 Å². The van der Waals surface area contributed by atoms with E-state index in [0.29, 0.717) is 15.3 Å². The maximum atomic E-state index is 12.9. The topological polar surface area (TPSA) is 42.0 Å². The molecule has 0 aliphatic heterocycles. The monoisotopic (exact) mass is 466 g/mol. The van der Waals surface area contributed by atoms with Crippen LogP contribution in [0.4, 0.5) is 24.0 Å². The molecule has 0 radical (unpaired) electrons. The number of aromatic nitrogens is 1. The minimum Gasteiger partial charge on any atom is -0.332 e. The Morgan fingerprint density at radius 2 is 1.55 bits per heavy atom. The molecule has 1 heterocycles. The number of carbonyl (C=O) groups is 1. The van der Waals surface area contributed by atoms with Crippen LogP contribution in [0.15, 0.2) is 66.7 Å². The number of alkyl halides is 3. The van der Waals surface area contributed by atoms with Crippen molar-refractivity contribution in [2.75, 3.05) is 5.32 Å². The lowest BCUT2D eigenvalue weighted by Crippen LogP contribution is -2.10. The Morgan fingerprint density at radius 1 is 0.909 bits per heavy atom. The zero-order valence-electron chi connectivity index (χ0n) is 17.7. The van der Waals surface area contributed by atoms with Gasteiger partial charge in [0.1, 0.15) is 0 Å². The van der Waals surface area contributed by atoms with Gasteiger partial charge in [-0.05, 0) is 54.3 Å². The third kappa shape index (κ3) is 4.64. The molecule has 168 valence electrons. The molecule has 1 fully saturated rings. The second-order valence-corrected chi connectivity index (χ2v) is 9.36. The summed E-state index contributed by atoms with van der Waals surface area (Å²) in [6.07, 6.45) is -0.106. The van der Waals surface area contributed by atoms with Crippen molar-refractivity contribution in [3.05, 3.63) is 77.9 Å². The summed E-state index contributed by atoms with van der Waals surface area (Å²) in [4.78, 5) is 17.0. The molecular formula is C26H21F3N2OS. The lowest BCUT2D eigenvalue weighted by molar-refractivity contribution is -0.137. The van der Waals surface area contributed by atoms with Crippen molar-refractivity contribution < 1.29 is 18.0 Å². The number of hydrogen-bond donors (Lipinski definition) is 1. The van der Waals surface area contributed by atoms with Crippen LogP contribution in [0.3, 0.4) is 0 Å². The van der Waals surface area contributed by atoms with Crippen LogP contribution in [0.5, 0.6) is 0 Å². The lowest BCUT2D eigenvalue weighted by Gasteiger charge is -2.09. The van der Waals surface area contributed by atoms with Gasteiger partial charge in [0.2, 0.25) is 0 Å². The second-order valence-electron chi connectivity index (χ2n) is 8.32. The zero-order valence-corrected chi connectivity index (χ0v) is 18.5. The highest BCUT2D eigenvalue weighted by atomic mass is 32.1. The molecule has 0 bridgehead atoms. The van der Waals surface area contributed by atoms with Gasteiger partial charge in [-0.3, -0.25) is 4.79 Å². The molecule has 1 aliphatic carbocycles. The molecule has 4 aromatic rings. The summed E-state index contributed by atoms with van der Waals surface area (Å²) >= 11 is 1.18. The van der Waals surface area contributed by atoms with Crippen LogP contribution in [0.2, 0.25) is 0 Å². The van der Waals surface area contributed by atoms with Gasteiger partial charge in [-0.1, -0.05) is 60.6 Å². The zero-order chi connectivity index (χ0) is 23.0. The SMILES string of the molecule is O=C(c1ccc(-c2ccc(Nc3nc4ccc(C(F)(F)F)cc4s3)cc2)cc1)C1CCCC1. The number of hydrogen-bond acceptors (Lipinski definition) is 4. The number of rotatable bonds is 5. The Labute approximate surface area is 193 Å². The molecule has 3 nitrogen and oxygen atoms in total. The average Bonchev–Trinajstić information content (AvgIpc) is 3.48. The molecule has 0 atom stereocenters. The first-order valence-corrected chi connectivity index (χ1v) is 11.7. The summed E-state index contributed by atoms with van der Waals surface area (Å²) in [6, 6.07) is 19.0. The Bertz CT molecular complexity index is 1290. The van der Waals surface area contributed by atoms with Crippen molar-refractivity contribution in [3.63, 3.8) is 0 Å². The van der Waals surface area contributed by atoms with Crippen molar-refractivity contribution in [1.82, 2.24) is 4.98 Å². The maximum absolute atomic E-state index is 12.9. The van der Waals surface area contributed by atoms with Crippen molar-refractivity contribution in [2.45, 2.75) is 31.9 Å². The van der Waals surface area contributed by atoms with E-state index in [-0.39, 0.29) is 11.7 Å². The first kappa shape index (κ1) is 21.6. The highest BCUT2D eigenvalue weighted by Crippen LogP contribution is 2.35. The van der Waals surface area contributed by atoms with Crippen LogP contribution in [0.25, 0.3) is 21.3 Å². The number of nitrogens with one attached hydrogen (secondary N) is 1. The van der Waals surface area contributed by atoms with E-state index in [0.717, 1.165) is 60.2 Å². The predicted octanol–water partition coefficient (Wildman–Crippen LogP) is 8.10. The van der Waals surface area contributed by atoms with Crippen LogP contribution in [-0.2, 0) is 6.18 Å². The number of carbonyl (C=O) groups excluding carboxylic acids is 1. The summed E-state index contributed by atoms with van der Waals surface area (Å²) in [6.45, 7) is 0. The number of thiazole rings is 1. The number of ketones is 1. The van der Waals surface area contributed by atoms with Crippen molar-refractivity contribution in [1.29, 1.82) is 0 Å². The van der Waals surface area contributed by atoms with E-state index < -0.39 is 11.7 Å². The highest BCUT2D eigenvalue weighted by molar-refractivity contribution is 7.22. The molecule has 33 heavy (non-hydrogen) atoms. The minimum absolute atomic E-state index is 0.170. The van der Waals surface area contributed by atoms with E-state index >= 15 is 0 Å². The van der Waals surface area contributed by atoms with Crippen molar-refractivity contribution >= 4 is 38.2 Å². The highest BCUT2D eigenvalue weighted by Gasteiger charge is 2.30. The molecule has 0 amide bonds. The molecule has 1 saturated carbocycles. The quantitative estimate of drug-likeness (QED) is 0.302. The summed E-state index contributed by atoms with van der Waals surface area (Å²) in [5, 5.41) is 3.70. The van der Waals surface area contributed by atoms with E-state index in [4.69, 9.17) is 0 Å². The van der Waals surface area contributed by atoms with E-state index in [2.05, 4.69) is 10.3 Å². The van der Waals surface area contributed by atoms with Crippen LogP contribution < -0.4 is 5.32 Å². The fourth-order valence-electron chi connectivity index (χ4n) is 4.27. The third-order valence-electron chi connectivity index (χ3n) is 6.08. The van der Waals surface area contributed by atoms with Crippen LogP contribution in [0, 0.1) is 5.92 Å². The number of anilines is 2. The summed E-state index contributed by atoms with van der Waals surface area (Å²) in [5.41, 5.74) is 3.45. The molecule has 5 rings (SSSR count). The molecule has 1 aliphatic rings. The van der Waals surface area contributed by atoms with Gasteiger partial charge in [0.25, 0.3) is 0 Å². The van der Waals surface area contributed by atoms with Gasteiger partial charge in [0.15, 0.2) is 10.9 Å². The van der Waals surface area contributed by atoms with E-state index in [1.165, 1.54) is 17.4 Å². The fraction of sp³-hybridized carbons (Fsp3) is 0.231. The van der Waals surface area contributed by atoms with Crippen molar-refractivity contribution in [2.24, 2.45) is 5.92 Å². The minimum atomic E-state index is -4.37. The Hall–Kier alpha value is -3.19. The van der Waals surface area contributed by atoms with E-state index in [9.17, 15) is 18.0 Å². The molecule has 3 aromatic carbocycles. The Morgan fingerprint density at radius 3 is 2.18 bits per heavy atom. The van der Waals surface area contributed by atoms with Gasteiger partial charge in [-0.15, -0.1) is 0 Å². The Kier molecular flexibility index (Phi) is 5.66. The molecule has 0 saturated heterocycles. The van der Waals surface area contributed by atoms with Crippen LogP contribution in [0.1, 0.15) is 41.6 Å². The van der Waals surface area contributed by atoms with Crippen LogP contribution >= 0.6 is 11.3 Å². The first-order chi connectivity index (χ1) is 15.9.